The van der Waals surface area contributed by atoms with Gasteiger partial charge in [-0.2, -0.15) is 11.1 Å². The first kappa shape index (κ1) is 22.7. The van der Waals surface area contributed by atoms with Crippen molar-refractivity contribution in [1.29, 1.82) is 0 Å². The molecule has 0 N–H and O–H groups in total. The number of hydrogen-bond acceptors (Lipinski definition) is 2. The van der Waals surface area contributed by atoms with Gasteiger partial charge in [0.1, 0.15) is 0 Å². The van der Waals surface area contributed by atoms with E-state index in [0.29, 0.717) is 12.2 Å². The van der Waals surface area contributed by atoms with Crippen LogP contribution in [-0.2, 0) is 9.53 Å². The van der Waals surface area contributed by atoms with Gasteiger partial charge in [-0.25, -0.2) is 4.79 Å². The van der Waals surface area contributed by atoms with Gasteiger partial charge in [-0.05, 0) is 31.5 Å². The highest BCUT2D eigenvalue weighted by Gasteiger charge is 2.27. The number of esters is 1. The lowest BCUT2D eigenvalue weighted by atomic mass is 10.1. The number of carbonyl (C=O) groups is 1. The molecule has 0 saturated heterocycles. The molecule has 0 aliphatic carbocycles. The Labute approximate surface area is 149 Å². The maximum atomic E-state index is 11.2. The molecule has 0 fully saturated rings. The van der Waals surface area contributed by atoms with Crippen molar-refractivity contribution < 1.29 is 9.53 Å². The Morgan fingerprint density at radius 3 is 1.87 bits per heavy atom. The predicted octanol–water partition coefficient (Wildman–Crippen LogP) is 6.84. The van der Waals surface area contributed by atoms with Gasteiger partial charge in [0, 0.05) is 5.57 Å². The van der Waals surface area contributed by atoms with Gasteiger partial charge in [0.15, 0.2) is 7.38 Å². The molecule has 0 spiro atoms. The van der Waals surface area contributed by atoms with E-state index in [1.807, 2.05) is 0 Å². The lowest BCUT2D eigenvalue weighted by Crippen LogP contribution is -2.25. The number of ether oxygens (including phenoxy) is 1. The monoisotopic (exact) mass is 360 g/mol. The van der Waals surface area contributed by atoms with E-state index in [1.165, 1.54) is 63.1 Å². The molecule has 0 bridgehead atoms. The molecule has 0 rings (SSSR count). The molecule has 0 aliphatic rings. The van der Waals surface area contributed by atoms with E-state index in [4.69, 9.17) is 15.8 Å². The summed E-state index contributed by atoms with van der Waals surface area (Å²) in [5, 5.41) is 0. The highest BCUT2D eigenvalue weighted by atomic mass is 35.6. The normalized spacial score (nSPS) is 11.5. The van der Waals surface area contributed by atoms with E-state index in [2.05, 4.69) is 20.4 Å². The maximum absolute atomic E-state index is 11.2. The minimum absolute atomic E-state index is 0.266. The number of unbranched alkanes of at least 4 members (excludes halogenated alkanes) is 6. The molecule has 0 aromatic rings. The van der Waals surface area contributed by atoms with Crippen LogP contribution in [0.25, 0.3) is 0 Å². The van der Waals surface area contributed by atoms with Gasteiger partial charge in [0.25, 0.3) is 0 Å². The molecule has 0 amide bonds. The first-order valence-corrected chi connectivity index (χ1v) is 13.1. The number of hydrogen-bond donors (Lipinski definition) is 0. The molecule has 4 heteroatoms. The van der Waals surface area contributed by atoms with Crippen molar-refractivity contribution in [3.8, 4) is 0 Å². The fourth-order valence-corrected chi connectivity index (χ4v) is 7.95. The summed E-state index contributed by atoms with van der Waals surface area (Å²) in [5.74, 6) is -0.266. The van der Waals surface area contributed by atoms with Crippen molar-refractivity contribution in [3.63, 3.8) is 0 Å². The van der Waals surface area contributed by atoms with Crippen LogP contribution in [0.4, 0.5) is 0 Å². The second kappa shape index (κ2) is 14.1. The Morgan fingerprint density at radius 1 is 0.913 bits per heavy atom. The van der Waals surface area contributed by atoms with Crippen molar-refractivity contribution in [2.45, 2.75) is 96.7 Å². The van der Waals surface area contributed by atoms with Crippen molar-refractivity contribution in [1.82, 2.24) is 0 Å². The molecular weight excluding hydrogens is 324 g/mol. The Balaban J connectivity index is 3.48. The number of rotatable bonds is 15. The van der Waals surface area contributed by atoms with Gasteiger partial charge in [-0.3, -0.25) is 0 Å². The fraction of sp³-hybridized carbons (Fsp3) is 0.842. The second-order valence-electron chi connectivity index (χ2n) is 6.79. The predicted molar refractivity (Wildman–Crippen MR) is 105 cm³/mol. The lowest BCUT2D eigenvalue weighted by molar-refractivity contribution is -0.139. The average molecular weight is 361 g/mol. The average Bonchev–Trinajstić information content (AvgIpc) is 2.49. The van der Waals surface area contributed by atoms with Crippen LogP contribution in [-0.4, -0.2) is 20.0 Å². The van der Waals surface area contributed by atoms with Gasteiger partial charge < -0.3 is 4.74 Å². The topological polar surface area (TPSA) is 26.3 Å². The van der Waals surface area contributed by atoms with Crippen LogP contribution in [0.1, 0.15) is 78.6 Å². The van der Waals surface area contributed by atoms with Crippen LogP contribution < -0.4 is 0 Å². The molecule has 0 radical (unpaired) electrons. The molecule has 0 unspecified atom stereocenters. The van der Waals surface area contributed by atoms with Crippen LogP contribution in [0.15, 0.2) is 12.2 Å². The minimum Gasteiger partial charge on any atom is -0.462 e. The van der Waals surface area contributed by atoms with Gasteiger partial charge in [-0.1, -0.05) is 71.8 Å². The molecular formula is C19H37ClO2Si. The summed E-state index contributed by atoms with van der Waals surface area (Å²) >= 11 is 6.88. The molecule has 0 aromatic heterocycles. The summed E-state index contributed by atoms with van der Waals surface area (Å²) < 4.78 is 5.08. The van der Waals surface area contributed by atoms with E-state index in [9.17, 15) is 4.79 Å². The SMILES string of the molecule is C=C(C)C(=O)OCCCCCCCCC[Si](Cl)(CCC)CCC. The summed E-state index contributed by atoms with van der Waals surface area (Å²) in [6.07, 6.45) is 11.0. The molecule has 2 nitrogen and oxygen atoms in total. The third-order valence-corrected chi connectivity index (χ3v) is 9.99. The van der Waals surface area contributed by atoms with Crippen LogP contribution in [0, 0.1) is 0 Å². The van der Waals surface area contributed by atoms with Crippen LogP contribution in [0.3, 0.4) is 0 Å². The van der Waals surface area contributed by atoms with E-state index >= 15 is 0 Å². The quantitative estimate of drug-likeness (QED) is 0.105. The maximum Gasteiger partial charge on any atom is 0.333 e. The van der Waals surface area contributed by atoms with E-state index in [-0.39, 0.29) is 5.97 Å². The van der Waals surface area contributed by atoms with Crippen LogP contribution in [0.5, 0.6) is 0 Å². The molecule has 0 atom stereocenters. The summed E-state index contributed by atoms with van der Waals surface area (Å²) in [4.78, 5) is 11.2. The summed E-state index contributed by atoms with van der Waals surface area (Å²) in [7, 11) is -1.44. The Hall–Kier alpha value is -0.283. The lowest BCUT2D eigenvalue weighted by Gasteiger charge is -2.23. The van der Waals surface area contributed by atoms with E-state index in [1.54, 1.807) is 6.92 Å². The number of carbonyl (C=O) groups excluding carboxylic acids is 1. The smallest absolute Gasteiger partial charge is 0.333 e. The van der Waals surface area contributed by atoms with Gasteiger partial charge in [0.2, 0.25) is 0 Å². The second-order valence-corrected chi connectivity index (χ2v) is 13.0. The first-order valence-electron chi connectivity index (χ1n) is 9.46. The van der Waals surface area contributed by atoms with Gasteiger partial charge in [0.05, 0.1) is 6.61 Å². The molecule has 0 aliphatic heterocycles. The Morgan fingerprint density at radius 2 is 1.39 bits per heavy atom. The van der Waals surface area contributed by atoms with Crippen LogP contribution >= 0.6 is 11.1 Å². The molecule has 0 saturated carbocycles. The van der Waals surface area contributed by atoms with E-state index in [0.717, 1.165) is 12.8 Å². The van der Waals surface area contributed by atoms with Crippen LogP contribution in [0.2, 0.25) is 18.1 Å². The minimum atomic E-state index is -1.44. The summed E-state index contributed by atoms with van der Waals surface area (Å²) in [6.45, 7) is 10.3. The third kappa shape index (κ3) is 12.8. The zero-order valence-electron chi connectivity index (χ0n) is 15.6. The van der Waals surface area contributed by atoms with Crippen molar-refractivity contribution in [2.75, 3.05) is 6.61 Å². The summed E-state index contributed by atoms with van der Waals surface area (Å²) in [6, 6.07) is 3.86. The zero-order valence-corrected chi connectivity index (χ0v) is 17.3. The van der Waals surface area contributed by atoms with Gasteiger partial charge in [-0.15, -0.1) is 0 Å². The van der Waals surface area contributed by atoms with Crippen molar-refractivity contribution in [3.05, 3.63) is 12.2 Å². The van der Waals surface area contributed by atoms with Crippen molar-refractivity contribution in [2.24, 2.45) is 0 Å². The number of halogens is 1. The molecule has 23 heavy (non-hydrogen) atoms. The standard InChI is InChI=1S/C19H37ClO2Si/c1-5-15-23(20,16-6-2)17-13-11-9-7-8-10-12-14-22-19(21)18(3)4/h3,5-17H2,1-2,4H3. The highest BCUT2D eigenvalue weighted by Crippen LogP contribution is 2.30. The van der Waals surface area contributed by atoms with E-state index < -0.39 is 7.38 Å². The largest absolute Gasteiger partial charge is 0.462 e. The highest BCUT2D eigenvalue weighted by molar-refractivity contribution is 7.20. The van der Waals surface area contributed by atoms with Gasteiger partial charge >= 0.3 is 5.97 Å². The van der Waals surface area contributed by atoms with Crippen molar-refractivity contribution >= 4 is 24.4 Å². The molecule has 0 aromatic carbocycles. The third-order valence-electron chi connectivity index (χ3n) is 4.25. The molecule has 0 heterocycles. The Kier molecular flexibility index (Phi) is 13.9. The summed E-state index contributed by atoms with van der Waals surface area (Å²) in [5.41, 5.74) is 0.482. The zero-order chi connectivity index (χ0) is 17.6. The Bertz CT molecular complexity index is 325. The first-order chi connectivity index (χ1) is 10.9. The molecule has 136 valence electrons. The fourth-order valence-electron chi connectivity index (χ4n) is 2.99.